The van der Waals surface area contributed by atoms with Gasteiger partial charge in [0.15, 0.2) is 0 Å². The molecule has 1 heterocycles. The number of hydrogen-bond donors (Lipinski definition) is 0. The molecule has 1 aromatic rings. The monoisotopic (exact) mass is 221 g/mol. The van der Waals surface area contributed by atoms with Crippen LogP contribution in [0.4, 0.5) is 4.39 Å². The van der Waals surface area contributed by atoms with Gasteiger partial charge in [-0.15, -0.1) is 0 Å². The van der Waals surface area contributed by atoms with Crippen molar-refractivity contribution in [3.05, 3.63) is 35.6 Å². The third kappa shape index (κ3) is 3.03. The van der Waals surface area contributed by atoms with E-state index in [-0.39, 0.29) is 5.82 Å². The van der Waals surface area contributed by atoms with Crippen LogP contribution in [0, 0.1) is 5.82 Å². The molecule has 0 aromatic heterocycles. The Labute approximate surface area is 95.2 Å². The van der Waals surface area contributed by atoms with Crippen LogP contribution in [-0.4, -0.2) is 49.4 Å². The Balaban J connectivity index is 1.91. The van der Waals surface area contributed by atoms with Crippen molar-refractivity contribution in [1.82, 2.24) is 9.91 Å². The molecule has 1 saturated heterocycles. The summed E-state index contributed by atoms with van der Waals surface area (Å²) in [5.74, 6) is -0.211. The second-order valence-electron chi connectivity index (χ2n) is 4.05. The molecule has 0 bridgehead atoms. The average Bonchev–Trinajstić information content (AvgIpc) is 2.30. The molecule has 0 amide bonds. The van der Waals surface area contributed by atoms with Crippen LogP contribution in [0.5, 0.6) is 0 Å². The number of rotatable bonds is 2. The summed E-state index contributed by atoms with van der Waals surface area (Å²) in [6.45, 7) is 3.99. The van der Waals surface area contributed by atoms with Crippen molar-refractivity contribution < 1.29 is 4.39 Å². The third-order valence-corrected chi connectivity index (χ3v) is 2.72. The predicted octanol–water partition coefficient (Wildman–Crippen LogP) is 1.41. The van der Waals surface area contributed by atoms with Crippen LogP contribution in [0.25, 0.3) is 0 Å². The Morgan fingerprint density at radius 2 is 1.75 bits per heavy atom. The first-order valence-electron chi connectivity index (χ1n) is 5.47. The molecule has 0 saturated carbocycles. The zero-order valence-electron chi connectivity index (χ0n) is 9.43. The topological polar surface area (TPSA) is 18.8 Å². The molecule has 0 N–H and O–H groups in total. The second kappa shape index (κ2) is 5.07. The zero-order valence-corrected chi connectivity index (χ0v) is 9.43. The summed E-state index contributed by atoms with van der Waals surface area (Å²) in [5, 5.41) is 6.42. The Morgan fingerprint density at radius 3 is 2.38 bits per heavy atom. The number of likely N-dealkylation sites (N-methyl/N-ethyl adjacent to an activating group) is 1. The van der Waals surface area contributed by atoms with Gasteiger partial charge in [0.25, 0.3) is 0 Å². The lowest BCUT2D eigenvalue weighted by Gasteiger charge is -2.30. The summed E-state index contributed by atoms with van der Waals surface area (Å²) >= 11 is 0. The van der Waals surface area contributed by atoms with E-state index in [0.29, 0.717) is 0 Å². The normalized spacial score (nSPS) is 18.2. The molecule has 0 unspecified atom stereocenters. The molecule has 86 valence electrons. The highest BCUT2D eigenvalue weighted by molar-refractivity contribution is 5.79. The maximum absolute atomic E-state index is 12.7. The Morgan fingerprint density at radius 1 is 1.12 bits per heavy atom. The minimum Gasteiger partial charge on any atom is -0.303 e. The standard InChI is InChI=1S/C12H16FN3/c1-15-6-8-16(9-7-15)14-10-11-2-4-12(13)5-3-11/h2-5,10H,6-9H2,1H3/b14-10-. The molecular weight excluding hydrogens is 205 g/mol. The van der Waals surface area contributed by atoms with Gasteiger partial charge in [0.05, 0.1) is 6.21 Å². The van der Waals surface area contributed by atoms with Crippen molar-refractivity contribution in [3.8, 4) is 0 Å². The van der Waals surface area contributed by atoms with Crippen LogP contribution in [0.3, 0.4) is 0 Å². The van der Waals surface area contributed by atoms with E-state index >= 15 is 0 Å². The molecule has 3 nitrogen and oxygen atoms in total. The first-order valence-corrected chi connectivity index (χ1v) is 5.47. The summed E-state index contributed by atoms with van der Waals surface area (Å²) in [6, 6.07) is 6.36. The molecule has 4 heteroatoms. The van der Waals surface area contributed by atoms with Gasteiger partial charge in [-0.1, -0.05) is 12.1 Å². The number of nitrogens with zero attached hydrogens (tertiary/aromatic N) is 3. The quantitative estimate of drug-likeness (QED) is 0.703. The number of hydrogen-bond acceptors (Lipinski definition) is 3. The average molecular weight is 221 g/mol. The van der Waals surface area contributed by atoms with Crippen molar-refractivity contribution in [2.24, 2.45) is 5.10 Å². The Kier molecular flexibility index (Phi) is 3.51. The van der Waals surface area contributed by atoms with Crippen molar-refractivity contribution >= 4 is 6.21 Å². The number of hydrazone groups is 1. The molecule has 1 fully saturated rings. The van der Waals surface area contributed by atoms with Gasteiger partial charge in [0, 0.05) is 26.2 Å². The molecular formula is C12H16FN3. The van der Waals surface area contributed by atoms with Crippen molar-refractivity contribution in [2.75, 3.05) is 33.2 Å². The number of halogens is 1. The van der Waals surface area contributed by atoms with Crippen molar-refractivity contribution in [1.29, 1.82) is 0 Å². The van der Waals surface area contributed by atoms with Gasteiger partial charge in [-0.25, -0.2) is 4.39 Å². The van der Waals surface area contributed by atoms with Gasteiger partial charge in [-0.3, -0.25) is 5.01 Å². The van der Waals surface area contributed by atoms with Crippen LogP contribution in [0.15, 0.2) is 29.4 Å². The molecule has 16 heavy (non-hydrogen) atoms. The lowest BCUT2D eigenvalue weighted by Crippen LogP contribution is -2.41. The van der Waals surface area contributed by atoms with E-state index in [0.717, 1.165) is 31.7 Å². The first kappa shape index (κ1) is 11.1. The van der Waals surface area contributed by atoms with Gasteiger partial charge >= 0.3 is 0 Å². The van der Waals surface area contributed by atoms with Gasteiger partial charge in [0.1, 0.15) is 5.82 Å². The summed E-state index contributed by atoms with van der Waals surface area (Å²) in [4.78, 5) is 2.28. The van der Waals surface area contributed by atoms with Crippen LogP contribution >= 0.6 is 0 Å². The van der Waals surface area contributed by atoms with E-state index in [1.54, 1.807) is 18.3 Å². The molecule has 1 aliphatic rings. The minimum absolute atomic E-state index is 0.211. The SMILES string of the molecule is CN1CCN(/N=C\c2ccc(F)cc2)CC1. The van der Waals surface area contributed by atoms with Gasteiger partial charge in [-0.05, 0) is 24.7 Å². The van der Waals surface area contributed by atoms with E-state index in [1.807, 2.05) is 5.01 Å². The lowest BCUT2D eigenvalue weighted by atomic mass is 10.2. The van der Waals surface area contributed by atoms with Crippen molar-refractivity contribution in [2.45, 2.75) is 0 Å². The van der Waals surface area contributed by atoms with Crippen molar-refractivity contribution in [3.63, 3.8) is 0 Å². The molecule has 0 aliphatic carbocycles. The third-order valence-electron chi connectivity index (χ3n) is 2.72. The predicted molar refractivity (Wildman–Crippen MR) is 63.1 cm³/mol. The fourth-order valence-corrected chi connectivity index (χ4v) is 1.61. The molecule has 0 radical (unpaired) electrons. The van der Waals surface area contributed by atoms with E-state index in [4.69, 9.17) is 0 Å². The highest BCUT2D eigenvalue weighted by Gasteiger charge is 2.10. The second-order valence-corrected chi connectivity index (χ2v) is 4.05. The van der Waals surface area contributed by atoms with Gasteiger partial charge in [-0.2, -0.15) is 5.10 Å². The van der Waals surface area contributed by atoms with Crippen LogP contribution in [0.1, 0.15) is 5.56 Å². The Hall–Kier alpha value is -1.42. The number of piperazine rings is 1. The van der Waals surface area contributed by atoms with E-state index in [1.165, 1.54) is 12.1 Å². The highest BCUT2D eigenvalue weighted by atomic mass is 19.1. The first-order chi connectivity index (χ1) is 7.74. The Bertz CT molecular complexity index is 353. The van der Waals surface area contributed by atoms with E-state index in [2.05, 4.69) is 17.0 Å². The number of benzene rings is 1. The smallest absolute Gasteiger partial charge is 0.123 e. The lowest BCUT2D eigenvalue weighted by molar-refractivity contribution is 0.159. The fraction of sp³-hybridized carbons (Fsp3) is 0.417. The van der Waals surface area contributed by atoms with E-state index in [9.17, 15) is 4.39 Å². The molecule has 2 rings (SSSR count). The molecule has 0 spiro atoms. The van der Waals surface area contributed by atoms with Crippen LogP contribution in [-0.2, 0) is 0 Å². The van der Waals surface area contributed by atoms with Gasteiger partial charge < -0.3 is 4.90 Å². The summed E-state index contributed by atoms with van der Waals surface area (Å²) < 4.78 is 12.7. The van der Waals surface area contributed by atoms with E-state index < -0.39 is 0 Å². The summed E-state index contributed by atoms with van der Waals surface area (Å²) in [5.41, 5.74) is 0.931. The summed E-state index contributed by atoms with van der Waals surface area (Å²) in [7, 11) is 2.11. The maximum Gasteiger partial charge on any atom is 0.123 e. The zero-order chi connectivity index (χ0) is 11.4. The fourth-order valence-electron chi connectivity index (χ4n) is 1.61. The summed E-state index contributed by atoms with van der Waals surface area (Å²) in [6.07, 6.45) is 1.78. The minimum atomic E-state index is -0.211. The molecule has 0 atom stereocenters. The molecule has 1 aromatic carbocycles. The van der Waals surface area contributed by atoms with Gasteiger partial charge in [0.2, 0.25) is 0 Å². The highest BCUT2D eigenvalue weighted by Crippen LogP contribution is 2.02. The maximum atomic E-state index is 12.7. The van der Waals surface area contributed by atoms with Crippen LogP contribution in [0.2, 0.25) is 0 Å². The van der Waals surface area contributed by atoms with Crippen LogP contribution < -0.4 is 0 Å². The molecule has 1 aliphatic heterocycles. The largest absolute Gasteiger partial charge is 0.303 e.